The molecule has 0 saturated carbocycles. The predicted molar refractivity (Wildman–Crippen MR) is 53.8 cm³/mol. The van der Waals surface area contributed by atoms with Crippen LogP contribution in [0.4, 0.5) is 0 Å². The van der Waals surface area contributed by atoms with Crippen molar-refractivity contribution in [2.24, 2.45) is 5.73 Å². The third kappa shape index (κ3) is 4.02. The molecule has 1 aromatic rings. The Morgan fingerprint density at radius 3 is 2.64 bits per heavy atom. The highest BCUT2D eigenvalue weighted by atomic mass is 16.4. The second-order valence-electron chi connectivity index (χ2n) is 3.07. The summed E-state index contributed by atoms with van der Waals surface area (Å²) >= 11 is 0. The topological polar surface area (TPSA) is 75.3 Å². The van der Waals surface area contributed by atoms with Crippen LogP contribution in [0.2, 0.25) is 0 Å². The fraction of sp³-hybridized carbons (Fsp3) is 0.300. The minimum absolute atomic E-state index is 0.103. The van der Waals surface area contributed by atoms with E-state index >= 15 is 0 Å². The second-order valence-corrected chi connectivity index (χ2v) is 3.07. The number of nitrogens with one attached hydrogen (secondary N) is 1. The quantitative estimate of drug-likeness (QED) is 0.585. The largest absolute Gasteiger partial charge is 0.480 e. The molecule has 4 nitrogen and oxygen atoms in total. The first-order chi connectivity index (χ1) is 6.68. The normalized spacial score (nSPS) is 12.4. The summed E-state index contributed by atoms with van der Waals surface area (Å²) in [7, 11) is 0. The van der Waals surface area contributed by atoms with E-state index in [2.05, 4.69) is 5.32 Å². The molecule has 0 spiro atoms. The van der Waals surface area contributed by atoms with Crippen LogP contribution in [0.3, 0.4) is 0 Å². The maximum atomic E-state index is 10.2. The summed E-state index contributed by atoms with van der Waals surface area (Å²) in [6.45, 7) is -0.103. The average molecular weight is 194 g/mol. The molecule has 0 aliphatic heterocycles. The minimum atomic E-state index is -0.895. The number of aliphatic carboxylic acids is 1. The number of benzene rings is 1. The summed E-state index contributed by atoms with van der Waals surface area (Å²) in [4.78, 5) is 10.2. The summed E-state index contributed by atoms with van der Waals surface area (Å²) in [5.74, 6) is -0.895. The molecule has 1 atom stereocenters. The first kappa shape index (κ1) is 10.7. The van der Waals surface area contributed by atoms with Crippen LogP contribution in [0.25, 0.3) is 0 Å². The smallest absolute Gasteiger partial charge is 0.317 e. The van der Waals surface area contributed by atoms with Crippen LogP contribution >= 0.6 is 0 Å². The molecule has 1 rings (SSSR count). The van der Waals surface area contributed by atoms with Crippen LogP contribution in [-0.2, 0) is 11.2 Å². The number of carboxylic acids is 1. The van der Waals surface area contributed by atoms with E-state index in [0.717, 1.165) is 5.56 Å². The Bertz CT molecular complexity index is 287. The molecule has 4 N–H and O–H groups in total. The van der Waals surface area contributed by atoms with E-state index in [1.54, 1.807) is 0 Å². The molecule has 4 heteroatoms. The monoisotopic (exact) mass is 194 g/mol. The fourth-order valence-corrected chi connectivity index (χ4v) is 1.16. The second kappa shape index (κ2) is 5.36. The molecule has 0 unspecified atom stereocenters. The Balaban J connectivity index is 2.34. The van der Waals surface area contributed by atoms with Gasteiger partial charge in [0.1, 0.15) is 0 Å². The van der Waals surface area contributed by atoms with E-state index in [1.165, 1.54) is 0 Å². The molecule has 76 valence electrons. The van der Waals surface area contributed by atoms with Crippen LogP contribution in [0.5, 0.6) is 0 Å². The summed E-state index contributed by atoms with van der Waals surface area (Å²) in [6, 6.07) is 9.71. The molecular formula is C10H14N2O2. The van der Waals surface area contributed by atoms with Crippen molar-refractivity contribution in [3.63, 3.8) is 0 Å². The minimum Gasteiger partial charge on any atom is -0.480 e. The van der Waals surface area contributed by atoms with Gasteiger partial charge in [-0.3, -0.25) is 10.1 Å². The van der Waals surface area contributed by atoms with E-state index in [9.17, 15) is 4.79 Å². The average Bonchev–Trinajstić information content (AvgIpc) is 2.16. The summed E-state index contributed by atoms with van der Waals surface area (Å²) in [5.41, 5.74) is 6.77. The Labute approximate surface area is 82.7 Å². The Morgan fingerprint density at radius 2 is 2.07 bits per heavy atom. The van der Waals surface area contributed by atoms with Crippen LogP contribution in [-0.4, -0.2) is 23.8 Å². The Kier molecular flexibility index (Phi) is 4.10. The Morgan fingerprint density at radius 1 is 1.43 bits per heavy atom. The zero-order valence-corrected chi connectivity index (χ0v) is 7.81. The lowest BCUT2D eigenvalue weighted by atomic mass is 10.1. The fourth-order valence-electron chi connectivity index (χ4n) is 1.16. The maximum absolute atomic E-state index is 10.2. The molecule has 0 amide bonds. The molecule has 0 aliphatic rings. The first-order valence-corrected chi connectivity index (χ1v) is 4.43. The Hall–Kier alpha value is -1.39. The van der Waals surface area contributed by atoms with Gasteiger partial charge in [0, 0.05) is 6.42 Å². The van der Waals surface area contributed by atoms with Gasteiger partial charge in [-0.25, -0.2) is 0 Å². The number of carbonyl (C=O) groups is 1. The molecule has 0 radical (unpaired) electrons. The first-order valence-electron chi connectivity index (χ1n) is 4.43. The maximum Gasteiger partial charge on any atom is 0.317 e. The number of nitrogens with two attached hydrogens (primary N) is 1. The van der Waals surface area contributed by atoms with Gasteiger partial charge in [-0.15, -0.1) is 0 Å². The number of hydrogen-bond donors (Lipinski definition) is 3. The van der Waals surface area contributed by atoms with Crippen molar-refractivity contribution in [3.8, 4) is 0 Å². The lowest BCUT2D eigenvalue weighted by molar-refractivity contribution is -0.136. The van der Waals surface area contributed by atoms with Crippen LogP contribution in [0.15, 0.2) is 30.3 Å². The van der Waals surface area contributed by atoms with Gasteiger partial charge in [-0.1, -0.05) is 30.3 Å². The van der Waals surface area contributed by atoms with Crippen molar-refractivity contribution >= 4 is 5.97 Å². The van der Waals surface area contributed by atoms with Gasteiger partial charge in [0.2, 0.25) is 0 Å². The highest BCUT2D eigenvalue weighted by Gasteiger charge is 2.04. The van der Waals surface area contributed by atoms with E-state index < -0.39 is 5.97 Å². The number of rotatable bonds is 5. The van der Waals surface area contributed by atoms with Gasteiger partial charge in [0.25, 0.3) is 0 Å². The highest BCUT2D eigenvalue weighted by Crippen LogP contribution is 1.99. The van der Waals surface area contributed by atoms with Gasteiger partial charge < -0.3 is 10.8 Å². The van der Waals surface area contributed by atoms with Crippen LogP contribution < -0.4 is 11.1 Å². The molecular weight excluding hydrogens is 180 g/mol. The SMILES string of the molecule is N[C@H](Cc1ccccc1)NCC(=O)O. The van der Waals surface area contributed by atoms with Gasteiger partial charge >= 0.3 is 5.97 Å². The molecule has 0 aromatic heterocycles. The zero-order chi connectivity index (χ0) is 10.4. The molecule has 0 saturated heterocycles. The standard InChI is InChI=1S/C10H14N2O2/c11-9(12-7-10(13)14)6-8-4-2-1-3-5-8/h1-5,9,12H,6-7,11H2,(H,13,14)/t9-/m0/s1. The molecule has 14 heavy (non-hydrogen) atoms. The van der Waals surface area contributed by atoms with Crippen LogP contribution in [0, 0.1) is 0 Å². The van der Waals surface area contributed by atoms with Gasteiger partial charge in [-0.2, -0.15) is 0 Å². The van der Waals surface area contributed by atoms with Crippen molar-refractivity contribution in [1.29, 1.82) is 0 Å². The van der Waals surface area contributed by atoms with Crippen molar-refractivity contribution in [2.75, 3.05) is 6.54 Å². The third-order valence-corrected chi connectivity index (χ3v) is 1.81. The van der Waals surface area contributed by atoms with Gasteiger partial charge in [0.05, 0.1) is 12.7 Å². The lowest BCUT2D eigenvalue weighted by Gasteiger charge is -2.11. The van der Waals surface area contributed by atoms with E-state index in [1.807, 2.05) is 30.3 Å². The van der Waals surface area contributed by atoms with Crippen molar-refractivity contribution < 1.29 is 9.90 Å². The molecule has 0 bridgehead atoms. The van der Waals surface area contributed by atoms with E-state index in [4.69, 9.17) is 10.8 Å². The van der Waals surface area contributed by atoms with Crippen LogP contribution in [0.1, 0.15) is 5.56 Å². The van der Waals surface area contributed by atoms with E-state index in [0.29, 0.717) is 6.42 Å². The predicted octanol–water partition coefficient (Wildman–Crippen LogP) is 0.188. The number of carboxylic acid groups (broad SMARTS) is 1. The number of hydrogen-bond acceptors (Lipinski definition) is 3. The zero-order valence-electron chi connectivity index (χ0n) is 7.81. The van der Waals surface area contributed by atoms with Gasteiger partial charge in [-0.05, 0) is 5.56 Å². The molecule has 0 aliphatic carbocycles. The summed E-state index contributed by atoms with van der Waals surface area (Å²) in [6.07, 6.45) is 0.321. The van der Waals surface area contributed by atoms with Crippen molar-refractivity contribution in [2.45, 2.75) is 12.6 Å². The molecule has 0 heterocycles. The third-order valence-electron chi connectivity index (χ3n) is 1.81. The highest BCUT2D eigenvalue weighted by molar-refractivity contribution is 5.69. The summed E-state index contributed by atoms with van der Waals surface area (Å²) < 4.78 is 0. The molecule has 0 fully saturated rings. The van der Waals surface area contributed by atoms with Crippen molar-refractivity contribution in [1.82, 2.24) is 5.32 Å². The van der Waals surface area contributed by atoms with Crippen molar-refractivity contribution in [3.05, 3.63) is 35.9 Å². The lowest BCUT2D eigenvalue weighted by Crippen LogP contribution is -2.41. The van der Waals surface area contributed by atoms with E-state index in [-0.39, 0.29) is 12.7 Å². The molecule has 1 aromatic carbocycles. The van der Waals surface area contributed by atoms with Gasteiger partial charge in [0.15, 0.2) is 0 Å². The summed E-state index contributed by atoms with van der Waals surface area (Å²) in [5, 5.41) is 11.1.